The summed E-state index contributed by atoms with van der Waals surface area (Å²) in [6, 6.07) is 4.35. The van der Waals surface area contributed by atoms with E-state index in [4.69, 9.17) is 16.3 Å². The molecule has 1 aromatic carbocycles. The zero-order valence-corrected chi connectivity index (χ0v) is 10.9. The Balaban J connectivity index is 2.51. The predicted molar refractivity (Wildman–Crippen MR) is 69.4 cm³/mol. The van der Waals surface area contributed by atoms with Crippen molar-refractivity contribution >= 4 is 22.5 Å². The van der Waals surface area contributed by atoms with Crippen LogP contribution in [0.15, 0.2) is 23.2 Å². The van der Waals surface area contributed by atoms with Gasteiger partial charge in [0, 0.05) is 18.9 Å². The first-order chi connectivity index (χ1) is 8.51. The zero-order chi connectivity index (χ0) is 13.3. The highest BCUT2D eigenvalue weighted by atomic mass is 35.5. The average Bonchev–Trinajstić information content (AvgIpc) is 2.37. The number of fused-ring (bicyclic) bond motifs is 1. The van der Waals surface area contributed by atoms with Gasteiger partial charge in [-0.25, -0.2) is 4.99 Å². The number of hydrogen-bond donors (Lipinski definition) is 0. The molecule has 0 aromatic heterocycles. The lowest BCUT2D eigenvalue weighted by Crippen LogP contribution is -2.36. The molecule has 1 aliphatic rings. The van der Waals surface area contributed by atoms with Gasteiger partial charge < -0.3 is 4.74 Å². The van der Waals surface area contributed by atoms with Crippen LogP contribution in [0.25, 0.3) is 0 Å². The molecule has 0 radical (unpaired) electrons. The number of aliphatic imine (C=N–C) groups is 1. The summed E-state index contributed by atoms with van der Waals surface area (Å²) in [5, 5.41) is 11.1. The zero-order valence-electron chi connectivity index (χ0n) is 10.1. The van der Waals surface area contributed by atoms with Crippen LogP contribution >= 0.6 is 11.6 Å². The second kappa shape index (κ2) is 4.57. The van der Waals surface area contributed by atoms with Gasteiger partial charge in [0.05, 0.1) is 16.6 Å². The van der Waals surface area contributed by atoms with E-state index >= 15 is 0 Å². The van der Waals surface area contributed by atoms with Crippen molar-refractivity contribution < 1.29 is 9.66 Å². The second-order valence-corrected chi connectivity index (χ2v) is 4.45. The Kier molecular flexibility index (Phi) is 3.26. The molecule has 0 saturated heterocycles. The van der Waals surface area contributed by atoms with Gasteiger partial charge in [0.15, 0.2) is 0 Å². The topological polar surface area (TPSA) is 64.7 Å². The van der Waals surface area contributed by atoms with Crippen LogP contribution in [0.4, 0.5) is 5.69 Å². The minimum atomic E-state index is -0.709. The summed E-state index contributed by atoms with van der Waals surface area (Å²) >= 11 is 6.12. The molecule has 6 heteroatoms. The molecule has 1 aromatic rings. The van der Waals surface area contributed by atoms with Crippen LogP contribution < -0.4 is 4.74 Å². The van der Waals surface area contributed by atoms with Gasteiger partial charge in [-0.15, -0.1) is 0 Å². The predicted octanol–water partition coefficient (Wildman–Crippen LogP) is 3.49. The molecule has 1 heterocycles. The van der Waals surface area contributed by atoms with Crippen molar-refractivity contribution in [1.82, 2.24) is 0 Å². The van der Waals surface area contributed by atoms with Crippen LogP contribution in [-0.2, 0) is 0 Å². The molecule has 0 spiro atoms. The second-order valence-electron chi connectivity index (χ2n) is 4.10. The molecular weight excluding hydrogens is 256 g/mol. The van der Waals surface area contributed by atoms with Gasteiger partial charge in [-0.05, 0) is 6.07 Å². The SMILES string of the molecule is CCC1(CC)N=C(Cl)c2ccc([N+](=O)[O-])cc2O1. The first kappa shape index (κ1) is 12.8. The Morgan fingerprint density at radius 3 is 2.67 bits per heavy atom. The summed E-state index contributed by atoms with van der Waals surface area (Å²) in [7, 11) is 0. The molecule has 0 bridgehead atoms. The van der Waals surface area contributed by atoms with Gasteiger partial charge in [0.25, 0.3) is 5.69 Å². The van der Waals surface area contributed by atoms with Gasteiger partial charge in [-0.2, -0.15) is 0 Å². The van der Waals surface area contributed by atoms with Crippen LogP contribution in [0.2, 0.25) is 0 Å². The molecule has 18 heavy (non-hydrogen) atoms. The minimum absolute atomic E-state index is 0.0128. The van der Waals surface area contributed by atoms with Gasteiger partial charge in [0.1, 0.15) is 10.9 Å². The molecule has 0 amide bonds. The first-order valence-corrected chi connectivity index (χ1v) is 6.12. The van der Waals surface area contributed by atoms with Crippen molar-refractivity contribution in [2.75, 3.05) is 0 Å². The molecule has 5 nitrogen and oxygen atoms in total. The van der Waals surface area contributed by atoms with Gasteiger partial charge in [0.2, 0.25) is 5.72 Å². The Morgan fingerprint density at radius 1 is 1.44 bits per heavy atom. The molecule has 96 valence electrons. The third kappa shape index (κ3) is 2.06. The largest absolute Gasteiger partial charge is 0.465 e. The van der Waals surface area contributed by atoms with E-state index in [1.165, 1.54) is 12.1 Å². The highest BCUT2D eigenvalue weighted by Gasteiger charge is 2.34. The van der Waals surface area contributed by atoms with Gasteiger partial charge in [-0.3, -0.25) is 10.1 Å². The highest BCUT2D eigenvalue weighted by molar-refractivity contribution is 6.70. The fraction of sp³-hybridized carbons (Fsp3) is 0.417. The van der Waals surface area contributed by atoms with E-state index in [1.54, 1.807) is 6.07 Å². The molecular formula is C12H13ClN2O3. The summed E-state index contributed by atoms with van der Waals surface area (Å²) in [4.78, 5) is 14.7. The van der Waals surface area contributed by atoms with E-state index in [-0.39, 0.29) is 5.69 Å². The van der Waals surface area contributed by atoms with Crippen molar-refractivity contribution in [3.05, 3.63) is 33.9 Å². The van der Waals surface area contributed by atoms with E-state index in [0.29, 0.717) is 29.3 Å². The molecule has 0 N–H and O–H groups in total. The lowest BCUT2D eigenvalue weighted by atomic mass is 10.1. The minimum Gasteiger partial charge on any atom is -0.465 e. The molecule has 0 unspecified atom stereocenters. The number of rotatable bonds is 3. The fourth-order valence-electron chi connectivity index (χ4n) is 1.90. The van der Waals surface area contributed by atoms with Crippen molar-refractivity contribution in [2.24, 2.45) is 4.99 Å². The Labute approximate surface area is 110 Å². The molecule has 1 aliphatic heterocycles. The molecule has 0 atom stereocenters. The van der Waals surface area contributed by atoms with Crippen molar-refractivity contribution in [1.29, 1.82) is 0 Å². The van der Waals surface area contributed by atoms with E-state index in [0.717, 1.165) is 0 Å². The normalized spacial score (nSPS) is 16.5. The maximum absolute atomic E-state index is 10.8. The van der Waals surface area contributed by atoms with Crippen molar-refractivity contribution in [2.45, 2.75) is 32.4 Å². The Morgan fingerprint density at radius 2 is 2.11 bits per heavy atom. The lowest BCUT2D eigenvalue weighted by molar-refractivity contribution is -0.385. The maximum atomic E-state index is 10.8. The summed E-state index contributed by atoms with van der Waals surface area (Å²) < 4.78 is 5.80. The number of non-ortho nitro benzene ring substituents is 1. The Bertz CT molecular complexity index is 524. The summed E-state index contributed by atoms with van der Waals surface area (Å²) in [5.74, 6) is 0.424. The average molecular weight is 269 g/mol. The van der Waals surface area contributed by atoms with Crippen LogP contribution in [0, 0.1) is 10.1 Å². The molecule has 0 saturated carbocycles. The number of halogens is 1. The summed E-state index contributed by atoms with van der Waals surface area (Å²) in [6.45, 7) is 3.89. The fourth-order valence-corrected chi connectivity index (χ4v) is 2.21. The first-order valence-electron chi connectivity index (χ1n) is 5.74. The van der Waals surface area contributed by atoms with Crippen LogP contribution in [-0.4, -0.2) is 15.8 Å². The van der Waals surface area contributed by atoms with Crippen LogP contribution in [0.5, 0.6) is 5.75 Å². The lowest BCUT2D eigenvalue weighted by Gasteiger charge is -2.33. The molecule has 2 rings (SSSR count). The third-order valence-electron chi connectivity index (χ3n) is 3.11. The number of nitro groups is 1. The van der Waals surface area contributed by atoms with E-state index in [1.807, 2.05) is 13.8 Å². The summed E-state index contributed by atoms with van der Waals surface area (Å²) in [6.07, 6.45) is 1.31. The number of hydrogen-bond acceptors (Lipinski definition) is 4. The number of ether oxygens (including phenoxy) is 1. The van der Waals surface area contributed by atoms with Gasteiger partial charge >= 0.3 is 0 Å². The van der Waals surface area contributed by atoms with E-state index in [9.17, 15) is 10.1 Å². The van der Waals surface area contributed by atoms with E-state index in [2.05, 4.69) is 4.99 Å². The van der Waals surface area contributed by atoms with Crippen molar-refractivity contribution in [3.8, 4) is 5.75 Å². The van der Waals surface area contributed by atoms with Crippen molar-refractivity contribution in [3.63, 3.8) is 0 Å². The maximum Gasteiger partial charge on any atom is 0.273 e. The number of nitro benzene ring substituents is 1. The standard InChI is InChI=1S/C12H13ClN2O3/c1-3-12(4-2)14-11(13)9-6-5-8(15(16)17)7-10(9)18-12/h5-7H,3-4H2,1-2H3. The van der Waals surface area contributed by atoms with Crippen LogP contribution in [0.3, 0.4) is 0 Å². The Hall–Kier alpha value is -1.62. The molecule has 0 fully saturated rings. The summed E-state index contributed by atoms with van der Waals surface area (Å²) in [5.41, 5.74) is -0.125. The quantitative estimate of drug-likeness (QED) is 0.622. The van der Waals surface area contributed by atoms with Crippen LogP contribution in [0.1, 0.15) is 32.3 Å². The smallest absolute Gasteiger partial charge is 0.273 e. The number of nitrogens with zero attached hydrogens (tertiary/aromatic N) is 2. The van der Waals surface area contributed by atoms with E-state index < -0.39 is 10.6 Å². The molecule has 0 aliphatic carbocycles. The third-order valence-corrected chi connectivity index (χ3v) is 3.39. The van der Waals surface area contributed by atoms with Gasteiger partial charge in [-0.1, -0.05) is 25.4 Å². The highest BCUT2D eigenvalue weighted by Crippen LogP contribution is 2.37. The monoisotopic (exact) mass is 268 g/mol. The number of benzene rings is 1.